The molecule has 2 heterocycles. The highest BCUT2D eigenvalue weighted by Crippen LogP contribution is 2.31. The fourth-order valence-corrected chi connectivity index (χ4v) is 4.49. The van der Waals surface area contributed by atoms with Crippen molar-refractivity contribution in [2.24, 2.45) is 0 Å². The Morgan fingerprint density at radius 2 is 1.36 bits per heavy atom. The maximum atomic E-state index is 13.6. The van der Waals surface area contributed by atoms with Crippen molar-refractivity contribution in [1.82, 2.24) is 15.0 Å². The first-order valence-corrected chi connectivity index (χ1v) is 12.9. The Kier molecular flexibility index (Phi) is 6.71. The Labute approximate surface area is 234 Å². The van der Waals surface area contributed by atoms with Gasteiger partial charge in [-0.2, -0.15) is 0 Å². The van der Waals surface area contributed by atoms with Crippen molar-refractivity contribution in [3.05, 3.63) is 131 Å². The number of fused-ring (bicyclic) bond motifs is 1. The van der Waals surface area contributed by atoms with Crippen LogP contribution in [-0.4, -0.2) is 20.9 Å². The second-order valence-electron chi connectivity index (χ2n) is 8.84. The lowest BCUT2D eigenvalue weighted by molar-refractivity contribution is 0.0999. The molecule has 1 amide bonds. The van der Waals surface area contributed by atoms with E-state index in [-0.39, 0.29) is 5.91 Å². The molecule has 0 fully saturated rings. The van der Waals surface area contributed by atoms with Gasteiger partial charge in [-0.25, -0.2) is 9.97 Å². The van der Waals surface area contributed by atoms with E-state index in [2.05, 4.69) is 15.3 Å². The zero-order chi connectivity index (χ0) is 26.8. The zero-order valence-electron chi connectivity index (χ0n) is 20.5. The highest BCUT2D eigenvalue weighted by atomic mass is 35.5. The minimum absolute atomic E-state index is 0.182. The summed E-state index contributed by atoms with van der Waals surface area (Å²) in [7, 11) is 0. The summed E-state index contributed by atoms with van der Waals surface area (Å²) in [4.78, 5) is 27.9. The van der Waals surface area contributed by atoms with Crippen molar-refractivity contribution < 1.29 is 4.79 Å². The molecule has 0 saturated carbocycles. The summed E-state index contributed by atoms with van der Waals surface area (Å²) in [5.74, 6) is 0.499. The summed E-state index contributed by atoms with van der Waals surface area (Å²) in [5.41, 5.74) is 5.89. The molecule has 2 aromatic heterocycles. The fraction of sp³-hybridized carbons (Fsp3) is 0. The van der Waals surface area contributed by atoms with Crippen LogP contribution < -0.4 is 10.2 Å². The first-order chi connectivity index (χ1) is 19.0. The molecule has 8 heteroatoms. The summed E-state index contributed by atoms with van der Waals surface area (Å²) in [6, 6.07) is 33.6. The highest BCUT2D eigenvalue weighted by Gasteiger charge is 2.21. The van der Waals surface area contributed by atoms with E-state index < -0.39 is 0 Å². The van der Waals surface area contributed by atoms with E-state index in [1.807, 2.05) is 84.9 Å². The van der Waals surface area contributed by atoms with E-state index in [4.69, 9.17) is 28.2 Å². The first kappa shape index (κ1) is 24.7. The topological polar surface area (TPSA) is 73.9 Å². The first-order valence-electron chi connectivity index (χ1n) is 12.2. The van der Waals surface area contributed by atoms with Crippen LogP contribution in [0.4, 0.5) is 22.7 Å². The summed E-state index contributed by atoms with van der Waals surface area (Å²) in [6.45, 7) is 0. The predicted molar refractivity (Wildman–Crippen MR) is 158 cm³/mol. The third kappa shape index (κ3) is 5.34. The Balaban J connectivity index is 1.31. The van der Waals surface area contributed by atoms with Crippen LogP contribution in [0, 0.1) is 0 Å². The van der Waals surface area contributed by atoms with Crippen LogP contribution in [0.2, 0.25) is 10.0 Å². The lowest BCUT2D eigenvalue weighted by Crippen LogP contribution is -2.26. The van der Waals surface area contributed by atoms with Gasteiger partial charge in [-0.1, -0.05) is 41.4 Å². The van der Waals surface area contributed by atoms with Crippen LogP contribution in [0.5, 0.6) is 0 Å². The molecule has 0 bridgehead atoms. The van der Waals surface area contributed by atoms with Crippen molar-refractivity contribution in [2.75, 3.05) is 10.2 Å². The number of aromatic nitrogens is 3. The van der Waals surface area contributed by atoms with Crippen LogP contribution in [-0.2, 0) is 0 Å². The number of rotatable bonds is 6. The van der Waals surface area contributed by atoms with Gasteiger partial charge < -0.3 is 10.3 Å². The van der Waals surface area contributed by atoms with Gasteiger partial charge in [-0.05, 0) is 91.0 Å². The number of nitrogens with one attached hydrogen (secondary N) is 2. The van der Waals surface area contributed by atoms with Gasteiger partial charge in [-0.3, -0.25) is 9.69 Å². The number of imidazole rings is 1. The number of hydrogen-bond acceptors (Lipinski definition) is 4. The molecule has 0 unspecified atom stereocenters. The molecule has 6 rings (SSSR count). The van der Waals surface area contributed by atoms with Crippen molar-refractivity contribution in [1.29, 1.82) is 0 Å². The smallest absolute Gasteiger partial charge is 0.262 e. The predicted octanol–water partition coefficient (Wildman–Crippen LogP) is 8.65. The maximum Gasteiger partial charge on any atom is 0.262 e. The second-order valence-corrected chi connectivity index (χ2v) is 9.71. The molecule has 6 aromatic rings. The Morgan fingerprint density at radius 1 is 0.744 bits per heavy atom. The minimum atomic E-state index is -0.182. The number of H-pyrrole nitrogens is 1. The average Bonchev–Trinajstić information content (AvgIpc) is 3.40. The normalized spacial score (nSPS) is 10.9. The number of amides is 1. The monoisotopic (exact) mass is 549 g/mol. The van der Waals surface area contributed by atoms with Crippen molar-refractivity contribution >= 4 is 63.0 Å². The molecule has 0 saturated heterocycles. The van der Waals surface area contributed by atoms with Gasteiger partial charge >= 0.3 is 0 Å². The fourth-order valence-electron chi connectivity index (χ4n) is 4.24. The molecule has 0 spiro atoms. The van der Waals surface area contributed by atoms with Gasteiger partial charge in [0.15, 0.2) is 5.65 Å². The summed E-state index contributed by atoms with van der Waals surface area (Å²) >= 11 is 12.1. The summed E-state index contributed by atoms with van der Waals surface area (Å²) in [6.07, 6.45) is 1.67. The van der Waals surface area contributed by atoms with Gasteiger partial charge in [0.25, 0.3) is 5.91 Å². The number of nitrogens with zero attached hydrogens (tertiary/aromatic N) is 3. The maximum absolute atomic E-state index is 13.6. The molecule has 190 valence electrons. The van der Waals surface area contributed by atoms with E-state index in [9.17, 15) is 4.79 Å². The van der Waals surface area contributed by atoms with Crippen molar-refractivity contribution in [2.45, 2.75) is 0 Å². The van der Waals surface area contributed by atoms with Gasteiger partial charge in [0.05, 0.1) is 11.9 Å². The number of hydrogen-bond donors (Lipinski definition) is 2. The molecule has 4 aromatic carbocycles. The van der Waals surface area contributed by atoms with Crippen molar-refractivity contribution in [3.63, 3.8) is 0 Å². The van der Waals surface area contributed by atoms with E-state index in [1.54, 1.807) is 35.4 Å². The zero-order valence-corrected chi connectivity index (χ0v) is 22.0. The molecule has 39 heavy (non-hydrogen) atoms. The minimum Gasteiger partial charge on any atom is -0.356 e. The third-order valence-corrected chi connectivity index (χ3v) is 6.68. The van der Waals surface area contributed by atoms with Crippen LogP contribution >= 0.6 is 23.2 Å². The molecule has 6 nitrogen and oxygen atoms in total. The number of carbonyl (C=O) groups is 1. The lowest BCUT2D eigenvalue weighted by Gasteiger charge is -2.23. The average molecular weight is 550 g/mol. The Hall–Kier alpha value is -4.65. The number of carbonyl (C=O) groups excluding carboxylic acids is 1. The van der Waals surface area contributed by atoms with Gasteiger partial charge in [0.2, 0.25) is 0 Å². The number of halogens is 2. The van der Waals surface area contributed by atoms with Crippen LogP contribution in [0.15, 0.2) is 115 Å². The molecule has 0 aliphatic rings. The largest absolute Gasteiger partial charge is 0.356 e. The van der Waals surface area contributed by atoms with Crippen LogP contribution in [0.3, 0.4) is 0 Å². The van der Waals surface area contributed by atoms with Crippen LogP contribution in [0.1, 0.15) is 10.4 Å². The SMILES string of the molecule is O=C(c1ccccc1)N(c1ccc(Cl)cc1)c1cnc2[nH]c(-c3ccc(Nc4ccc(Cl)cc4)cc3)nc2c1. The Bertz CT molecular complexity index is 1750. The van der Waals surface area contributed by atoms with E-state index >= 15 is 0 Å². The highest BCUT2D eigenvalue weighted by molar-refractivity contribution is 6.31. The van der Waals surface area contributed by atoms with Gasteiger partial charge in [0, 0.05) is 38.2 Å². The number of benzene rings is 4. The Morgan fingerprint density at radius 3 is 2.03 bits per heavy atom. The summed E-state index contributed by atoms with van der Waals surface area (Å²) in [5, 5.41) is 4.63. The molecule has 2 N–H and O–H groups in total. The molecule has 0 aliphatic heterocycles. The van der Waals surface area contributed by atoms with Gasteiger partial charge in [-0.15, -0.1) is 0 Å². The summed E-state index contributed by atoms with van der Waals surface area (Å²) < 4.78 is 0. The van der Waals surface area contributed by atoms with Gasteiger partial charge in [0.1, 0.15) is 11.3 Å². The quantitative estimate of drug-likeness (QED) is 0.218. The van der Waals surface area contributed by atoms with E-state index in [0.29, 0.717) is 44.0 Å². The standard InChI is InChI=1S/C31H21Cl2N5O/c32-22-8-14-25(15-9-22)35-24-12-6-20(7-13-24)29-36-28-18-27(19-34-30(28)37-29)38(26-16-10-23(33)11-17-26)31(39)21-4-2-1-3-5-21/h1-19,35H,(H,34,36,37). The van der Waals surface area contributed by atoms with E-state index in [0.717, 1.165) is 16.9 Å². The van der Waals surface area contributed by atoms with Crippen molar-refractivity contribution in [3.8, 4) is 11.4 Å². The second kappa shape index (κ2) is 10.6. The van der Waals surface area contributed by atoms with E-state index in [1.165, 1.54) is 0 Å². The molecular formula is C31H21Cl2N5O. The molecule has 0 radical (unpaired) electrons. The molecular weight excluding hydrogens is 529 g/mol. The number of pyridine rings is 1. The van der Waals surface area contributed by atoms with Crippen LogP contribution in [0.25, 0.3) is 22.6 Å². The third-order valence-electron chi connectivity index (χ3n) is 6.18. The lowest BCUT2D eigenvalue weighted by atomic mass is 10.1. The number of anilines is 4. The molecule has 0 aliphatic carbocycles. The molecule has 0 atom stereocenters. The number of aromatic amines is 1.